The Morgan fingerprint density at radius 1 is 1.31 bits per heavy atom. The number of aromatic nitrogens is 2. The van der Waals surface area contributed by atoms with Crippen molar-refractivity contribution in [3.8, 4) is 0 Å². The van der Waals surface area contributed by atoms with Gasteiger partial charge in [0.2, 0.25) is 0 Å². The van der Waals surface area contributed by atoms with Crippen LogP contribution >= 0.6 is 0 Å². The van der Waals surface area contributed by atoms with Crippen LogP contribution in [0.4, 0.5) is 0 Å². The molecule has 1 aromatic rings. The summed E-state index contributed by atoms with van der Waals surface area (Å²) in [5.74, 6) is 0. The van der Waals surface area contributed by atoms with Crippen molar-refractivity contribution in [1.82, 2.24) is 9.78 Å². The van der Waals surface area contributed by atoms with Crippen molar-refractivity contribution in [3.63, 3.8) is 0 Å². The fraction of sp³-hybridized carbons (Fsp3) is 0.700. The van der Waals surface area contributed by atoms with E-state index >= 15 is 0 Å². The summed E-state index contributed by atoms with van der Waals surface area (Å²) in [5.41, 5.74) is 0. The van der Waals surface area contributed by atoms with Crippen LogP contribution in [0, 0.1) is 0 Å². The lowest BCUT2D eigenvalue weighted by molar-refractivity contribution is -0.0177. The first-order chi connectivity index (χ1) is 6.45. The maximum Gasteiger partial charge on any atom is 0.139 e. The molecule has 1 aliphatic carbocycles. The van der Waals surface area contributed by atoms with Gasteiger partial charge in [0.05, 0.1) is 6.10 Å². The molecule has 1 heterocycles. The molecule has 0 bridgehead atoms. The van der Waals surface area contributed by atoms with Gasteiger partial charge in [-0.15, -0.1) is 0 Å². The third kappa shape index (κ3) is 2.56. The minimum Gasteiger partial charge on any atom is -0.356 e. The zero-order valence-corrected chi connectivity index (χ0v) is 7.85. The van der Waals surface area contributed by atoms with Crippen LogP contribution in [-0.2, 0) is 11.5 Å². The average molecular weight is 180 g/mol. The van der Waals surface area contributed by atoms with Crippen LogP contribution in [0.15, 0.2) is 18.5 Å². The maximum atomic E-state index is 5.73. The number of ether oxygens (including phenoxy) is 1. The van der Waals surface area contributed by atoms with E-state index in [1.165, 1.54) is 32.1 Å². The number of hydrogen-bond donors (Lipinski definition) is 0. The smallest absolute Gasteiger partial charge is 0.139 e. The highest BCUT2D eigenvalue weighted by atomic mass is 16.5. The van der Waals surface area contributed by atoms with Crippen molar-refractivity contribution in [2.75, 3.05) is 0 Å². The van der Waals surface area contributed by atoms with E-state index in [0.29, 0.717) is 12.8 Å². The van der Waals surface area contributed by atoms with Gasteiger partial charge in [-0.25, -0.2) is 4.68 Å². The summed E-state index contributed by atoms with van der Waals surface area (Å²) in [4.78, 5) is 0. The Bertz CT molecular complexity index is 227. The Morgan fingerprint density at radius 3 is 2.85 bits per heavy atom. The van der Waals surface area contributed by atoms with Crippen molar-refractivity contribution in [2.24, 2.45) is 0 Å². The number of hydrogen-bond acceptors (Lipinski definition) is 2. The van der Waals surface area contributed by atoms with Gasteiger partial charge in [0.1, 0.15) is 6.73 Å². The molecule has 0 spiro atoms. The van der Waals surface area contributed by atoms with E-state index in [1.54, 1.807) is 6.20 Å². The van der Waals surface area contributed by atoms with Crippen molar-refractivity contribution in [2.45, 2.75) is 44.9 Å². The lowest BCUT2D eigenvalue weighted by Crippen LogP contribution is -2.18. The van der Waals surface area contributed by atoms with Gasteiger partial charge in [0.15, 0.2) is 0 Å². The molecule has 1 aliphatic rings. The quantitative estimate of drug-likeness (QED) is 0.713. The Hall–Kier alpha value is -0.830. The van der Waals surface area contributed by atoms with Crippen molar-refractivity contribution >= 4 is 0 Å². The van der Waals surface area contributed by atoms with Crippen LogP contribution in [0.1, 0.15) is 32.1 Å². The van der Waals surface area contributed by atoms with E-state index in [-0.39, 0.29) is 0 Å². The van der Waals surface area contributed by atoms with Gasteiger partial charge in [-0.3, -0.25) is 0 Å². The van der Waals surface area contributed by atoms with Crippen molar-refractivity contribution in [1.29, 1.82) is 0 Å². The molecule has 1 fully saturated rings. The fourth-order valence-corrected chi connectivity index (χ4v) is 1.79. The minimum atomic E-state index is 0.470. The first-order valence-corrected chi connectivity index (χ1v) is 5.04. The second kappa shape index (κ2) is 4.42. The summed E-state index contributed by atoms with van der Waals surface area (Å²) in [5, 5.41) is 4.09. The van der Waals surface area contributed by atoms with E-state index in [2.05, 4.69) is 5.10 Å². The molecule has 2 rings (SSSR count). The van der Waals surface area contributed by atoms with Gasteiger partial charge in [0, 0.05) is 12.4 Å². The third-order valence-corrected chi connectivity index (χ3v) is 2.55. The van der Waals surface area contributed by atoms with Gasteiger partial charge in [-0.1, -0.05) is 19.3 Å². The predicted octanol–water partition coefficient (Wildman–Crippen LogP) is 2.19. The van der Waals surface area contributed by atoms with Gasteiger partial charge >= 0.3 is 0 Å². The van der Waals surface area contributed by atoms with Gasteiger partial charge < -0.3 is 4.74 Å². The molecule has 0 saturated heterocycles. The zero-order valence-electron chi connectivity index (χ0n) is 7.85. The molecule has 0 aliphatic heterocycles. The molecule has 13 heavy (non-hydrogen) atoms. The molecule has 0 radical (unpaired) electrons. The highest BCUT2D eigenvalue weighted by molar-refractivity contribution is 4.76. The van der Waals surface area contributed by atoms with Crippen LogP contribution < -0.4 is 0 Å². The standard InChI is InChI=1S/C10H16N2O/c1-2-5-10(6-3-1)13-9-12-8-4-7-11-12/h4,7-8,10H,1-3,5-6,9H2. The van der Waals surface area contributed by atoms with Crippen LogP contribution in [0.2, 0.25) is 0 Å². The summed E-state index contributed by atoms with van der Waals surface area (Å²) in [6.45, 7) is 0.609. The molecule has 0 atom stereocenters. The highest BCUT2D eigenvalue weighted by Crippen LogP contribution is 2.20. The van der Waals surface area contributed by atoms with E-state index in [9.17, 15) is 0 Å². The van der Waals surface area contributed by atoms with Crippen LogP contribution in [0.25, 0.3) is 0 Å². The Balaban J connectivity index is 1.72. The lowest BCUT2D eigenvalue weighted by Gasteiger charge is -2.21. The molecule has 0 N–H and O–H groups in total. The second-order valence-electron chi connectivity index (χ2n) is 3.60. The molecular weight excluding hydrogens is 164 g/mol. The molecular formula is C10H16N2O. The van der Waals surface area contributed by atoms with E-state index in [1.807, 2.05) is 16.9 Å². The first kappa shape index (κ1) is 8.75. The Labute approximate surface area is 78.7 Å². The molecule has 72 valence electrons. The minimum absolute atomic E-state index is 0.470. The second-order valence-corrected chi connectivity index (χ2v) is 3.60. The largest absolute Gasteiger partial charge is 0.356 e. The normalized spacial score (nSPS) is 19.1. The molecule has 0 amide bonds. The van der Waals surface area contributed by atoms with Gasteiger partial charge in [-0.2, -0.15) is 5.10 Å². The van der Waals surface area contributed by atoms with E-state index in [4.69, 9.17) is 4.74 Å². The lowest BCUT2D eigenvalue weighted by atomic mass is 9.98. The van der Waals surface area contributed by atoms with E-state index < -0.39 is 0 Å². The zero-order chi connectivity index (χ0) is 8.93. The molecule has 1 aromatic heterocycles. The SMILES string of the molecule is c1cnn(COC2CCCCC2)c1. The summed E-state index contributed by atoms with van der Waals surface area (Å²) in [6, 6.07) is 1.92. The first-order valence-electron chi connectivity index (χ1n) is 5.04. The molecule has 3 nitrogen and oxygen atoms in total. The molecule has 1 saturated carbocycles. The molecule has 0 unspecified atom stereocenters. The summed E-state index contributed by atoms with van der Waals surface area (Å²) in [7, 11) is 0. The number of rotatable bonds is 3. The summed E-state index contributed by atoms with van der Waals surface area (Å²) >= 11 is 0. The fourth-order valence-electron chi connectivity index (χ4n) is 1.79. The average Bonchev–Trinajstić information content (AvgIpc) is 2.69. The number of nitrogens with zero attached hydrogens (tertiary/aromatic N) is 2. The van der Waals surface area contributed by atoms with Crippen LogP contribution in [0.3, 0.4) is 0 Å². The van der Waals surface area contributed by atoms with E-state index in [0.717, 1.165) is 0 Å². The molecule has 0 aromatic carbocycles. The topological polar surface area (TPSA) is 27.1 Å². The van der Waals surface area contributed by atoms with Crippen LogP contribution in [-0.4, -0.2) is 15.9 Å². The van der Waals surface area contributed by atoms with Crippen molar-refractivity contribution in [3.05, 3.63) is 18.5 Å². The van der Waals surface area contributed by atoms with Gasteiger partial charge in [0.25, 0.3) is 0 Å². The summed E-state index contributed by atoms with van der Waals surface area (Å²) < 4.78 is 7.56. The van der Waals surface area contributed by atoms with Crippen molar-refractivity contribution < 1.29 is 4.74 Å². The van der Waals surface area contributed by atoms with Crippen LogP contribution in [0.5, 0.6) is 0 Å². The maximum absolute atomic E-state index is 5.73. The molecule has 3 heteroatoms. The Kier molecular flexibility index (Phi) is 2.98. The Morgan fingerprint density at radius 2 is 2.15 bits per heavy atom. The summed E-state index contributed by atoms with van der Waals surface area (Å²) in [6.07, 6.45) is 10.7. The monoisotopic (exact) mass is 180 g/mol. The van der Waals surface area contributed by atoms with Gasteiger partial charge in [-0.05, 0) is 18.9 Å². The predicted molar refractivity (Wildman–Crippen MR) is 50.2 cm³/mol. The third-order valence-electron chi connectivity index (χ3n) is 2.55. The highest BCUT2D eigenvalue weighted by Gasteiger charge is 2.13.